The van der Waals surface area contributed by atoms with E-state index < -0.39 is 42.2 Å². The average Bonchev–Trinajstić information content (AvgIpc) is 2.13. The molecule has 0 aliphatic rings. The summed E-state index contributed by atoms with van der Waals surface area (Å²) in [5, 5.41) is 26.7. The molecule has 2 atom stereocenters. The third-order valence-electron chi connectivity index (χ3n) is 1.96. The average molecular weight is 218 g/mol. The van der Waals surface area contributed by atoms with Crippen molar-refractivity contribution < 1.29 is 24.9 Å². The zero-order valence-electron chi connectivity index (χ0n) is 9.23. The van der Waals surface area contributed by atoms with Gasteiger partial charge in [-0.2, -0.15) is 0 Å². The van der Waals surface area contributed by atoms with Crippen molar-refractivity contribution in [2.45, 2.75) is 39.4 Å². The van der Waals surface area contributed by atoms with Crippen molar-refractivity contribution in [3.8, 4) is 0 Å². The molecule has 0 bridgehead atoms. The molecule has 5 nitrogen and oxygen atoms in total. The van der Waals surface area contributed by atoms with E-state index in [1.807, 2.05) is 0 Å². The van der Waals surface area contributed by atoms with Crippen molar-refractivity contribution in [3.05, 3.63) is 0 Å². The zero-order valence-corrected chi connectivity index (χ0v) is 9.23. The summed E-state index contributed by atoms with van der Waals surface area (Å²) in [6.45, 7) is 4.16. The van der Waals surface area contributed by atoms with E-state index in [2.05, 4.69) is 0 Å². The van der Waals surface area contributed by atoms with Crippen LogP contribution in [0.25, 0.3) is 0 Å². The van der Waals surface area contributed by atoms with Crippen LogP contribution in [0.2, 0.25) is 0 Å². The molecular formula is C10H18O5. The first-order valence-electron chi connectivity index (χ1n) is 4.74. The summed E-state index contributed by atoms with van der Waals surface area (Å²) in [5.74, 6) is -1.32. The van der Waals surface area contributed by atoms with Gasteiger partial charge in [0.1, 0.15) is 6.10 Å². The van der Waals surface area contributed by atoms with Gasteiger partial charge in [0, 0.05) is 11.8 Å². The molecule has 88 valence electrons. The summed E-state index contributed by atoms with van der Waals surface area (Å²) < 4.78 is 0. The number of hydrogen-bond donors (Lipinski definition) is 3. The lowest BCUT2D eigenvalue weighted by Gasteiger charge is -2.18. The van der Waals surface area contributed by atoms with Crippen molar-refractivity contribution >= 4 is 11.6 Å². The highest BCUT2D eigenvalue weighted by molar-refractivity contribution is 6.39. The van der Waals surface area contributed by atoms with Crippen LogP contribution in [0, 0.1) is 5.41 Å². The molecule has 0 saturated carbocycles. The molecule has 0 aromatic rings. The highest BCUT2D eigenvalue weighted by Crippen LogP contribution is 2.16. The number of rotatable bonds is 5. The summed E-state index contributed by atoms with van der Waals surface area (Å²) in [6, 6.07) is 0. The predicted molar refractivity (Wildman–Crippen MR) is 53.2 cm³/mol. The minimum absolute atomic E-state index is 0.460. The number of aliphatic hydroxyl groups excluding tert-OH is 3. The second-order valence-corrected chi connectivity index (χ2v) is 4.52. The van der Waals surface area contributed by atoms with Gasteiger partial charge in [0.2, 0.25) is 11.6 Å². The fourth-order valence-corrected chi connectivity index (χ4v) is 0.959. The lowest BCUT2D eigenvalue weighted by molar-refractivity contribution is -0.143. The molecular weight excluding hydrogens is 200 g/mol. The van der Waals surface area contributed by atoms with Crippen LogP contribution >= 0.6 is 0 Å². The highest BCUT2D eigenvalue weighted by atomic mass is 16.4. The molecule has 0 saturated heterocycles. The molecule has 0 spiro atoms. The summed E-state index contributed by atoms with van der Waals surface area (Å²) in [6.07, 6.45) is -3.24. The predicted octanol–water partition coefficient (Wildman–Crippen LogP) is -0.725. The Labute approximate surface area is 88.7 Å². The number of Topliss-reactive ketones (excluding diaryl/α,β-unsaturated/α-hetero) is 2. The van der Waals surface area contributed by atoms with Crippen LogP contribution in [0.15, 0.2) is 0 Å². The lowest BCUT2D eigenvalue weighted by Crippen LogP contribution is -2.36. The monoisotopic (exact) mass is 218 g/mol. The quantitative estimate of drug-likeness (QED) is 0.529. The van der Waals surface area contributed by atoms with Crippen molar-refractivity contribution in [2.75, 3.05) is 6.61 Å². The second-order valence-electron chi connectivity index (χ2n) is 4.52. The fourth-order valence-electron chi connectivity index (χ4n) is 0.959. The maximum absolute atomic E-state index is 11.4. The van der Waals surface area contributed by atoms with Gasteiger partial charge in [-0.25, -0.2) is 0 Å². The Morgan fingerprint density at radius 1 is 1.13 bits per heavy atom. The van der Waals surface area contributed by atoms with Crippen LogP contribution in [-0.2, 0) is 9.59 Å². The van der Waals surface area contributed by atoms with E-state index >= 15 is 0 Å². The van der Waals surface area contributed by atoms with Crippen LogP contribution in [0.1, 0.15) is 27.2 Å². The van der Waals surface area contributed by atoms with Gasteiger partial charge < -0.3 is 15.3 Å². The highest BCUT2D eigenvalue weighted by Gasteiger charge is 2.30. The molecule has 0 fully saturated rings. The maximum atomic E-state index is 11.4. The van der Waals surface area contributed by atoms with Crippen LogP contribution in [0.5, 0.6) is 0 Å². The van der Waals surface area contributed by atoms with Gasteiger partial charge in [-0.3, -0.25) is 9.59 Å². The van der Waals surface area contributed by atoms with Crippen LogP contribution in [0.3, 0.4) is 0 Å². The van der Waals surface area contributed by atoms with Gasteiger partial charge in [-0.15, -0.1) is 0 Å². The number of carbonyl (C=O) groups excluding carboxylic acids is 2. The lowest BCUT2D eigenvalue weighted by atomic mass is 9.86. The second kappa shape index (κ2) is 5.34. The van der Waals surface area contributed by atoms with Crippen molar-refractivity contribution in [1.29, 1.82) is 0 Å². The van der Waals surface area contributed by atoms with E-state index in [0.29, 0.717) is 0 Å². The first-order valence-corrected chi connectivity index (χ1v) is 4.74. The molecule has 0 aromatic heterocycles. The summed E-state index contributed by atoms with van der Waals surface area (Å²) in [5.41, 5.74) is -0.791. The Morgan fingerprint density at radius 2 is 1.60 bits per heavy atom. The number of ketones is 2. The largest absolute Gasteiger partial charge is 0.394 e. The topological polar surface area (TPSA) is 94.8 Å². The van der Waals surface area contributed by atoms with Crippen molar-refractivity contribution in [1.82, 2.24) is 0 Å². The molecule has 0 amide bonds. The standard InChI is InChI=1S/C10H18O5/c1-10(2,3)9(15)7(13)4-6(12)8(14)5-11/h6,8,11-12,14H,4-5H2,1-3H3/t6-,8+/m0/s1. The smallest absolute Gasteiger partial charge is 0.203 e. The summed E-state index contributed by atoms with van der Waals surface area (Å²) in [4.78, 5) is 22.7. The Morgan fingerprint density at radius 3 is 1.93 bits per heavy atom. The first kappa shape index (κ1) is 14.2. The van der Waals surface area contributed by atoms with E-state index in [-0.39, 0.29) is 0 Å². The number of aliphatic hydroxyl groups is 3. The molecule has 15 heavy (non-hydrogen) atoms. The molecule has 0 aromatic carbocycles. The van der Waals surface area contributed by atoms with E-state index in [9.17, 15) is 14.7 Å². The van der Waals surface area contributed by atoms with E-state index in [4.69, 9.17) is 10.2 Å². The van der Waals surface area contributed by atoms with Crippen molar-refractivity contribution in [2.24, 2.45) is 5.41 Å². The van der Waals surface area contributed by atoms with Gasteiger partial charge in [0.15, 0.2) is 0 Å². The molecule has 3 N–H and O–H groups in total. The van der Waals surface area contributed by atoms with E-state index in [1.165, 1.54) is 0 Å². The van der Waals surface area contributed by atoms with Gasteiger partial charge in [-0.1, -0.05) is 20.8 Å². The fraction of sp³-hybridized carbons (Fsp3) is 0.800. The summed E-state index contributed by atoms with van der Waals surface area (Å²) >= 11 is 0. The zero-order chi connectivity index (χ0) is 12.2. The SMILES string of the molecule is CC(C)(C)C(=O)C(=O)C[C@H](O)[C@H](O)CO. The maximum Gasteiger partial charge on any atom is 0.203 e. The third kappa shape index (κ3) is 4.51. The van der Waals surface area contributed by atoms with Crippen molar-refractivity contribution in [3.63, 3.8) is 0 Å². The van der Waals surface area contributed by atoms with Gasteiger partial charge in [0.25, 0.3) is 0 Å². The molecule has 0 rings (SSSR count). The molecule has 5 heteroatoms. The number of hydrogen-bond acceptors (Lipinski definition) is 5. The van der Waals surface area contributed by atoms with Gasteiger partial charge in [0.05, 0.1) is 12.7 Å². The Hall–Kier alpha value is -0.780. The molecule has 0 aliphatic heterocycles. The van der Waals surface area contributed by atoms with Gasteiger partial charge in [-0.05, 0) is 0 Å². The molecule has 0 heterocycles. The Balaban J connectivity index is 4.33. The van der Waals surface area contributed by atoms with E-state index in [0.717, 1.165) is 0 Å². The molecule has 0 aliphatic carbocycles. The normalized spacial score (nSPS) is 15.9. The minimum Gasteiger partial charge on any atom is -0.394 e. The first-order chi connectivity index (χ1) is 6.70. The minimum atomic E-state index is -1.39. The summed E-state index contributed by atoms with van der Waals surface area (Å²) in [7, 11) is 0. The van der Waals surface area contributed by atoms with E-state index in [1.54, 1.807) is 20.8 Å². The number of carbonyl (C=O) groups is 2. The third-order valence-corrected chi connectivity index (χ3v) is 1.96. The van der Waals surface area contributed by atoms with Crippen LogP contribution < -0.4 is 0 Å². The van der Waals surface area contributed by atoms with Gasteiger partial charge >= 0.3 is 0 Å². The Bertz CT molecular complexity index is 241. The van der Waals surface area contributed by atoms with Crippen LogP contribution in [-0.4, -0.2) is 45.7 Å². The molecule has 0 radical (unpaired) electrons. The molecule has 0 unspecified atom stereocenters. The van der Waals surface area contributed by atoms with Crippen LogP contribution in [0.4, 0.5) is 0 Å². The Kier molecular flexibility index (Phi) is 5.07.